The van der Waals surface area contributed by atoms with Crippen LogP contribution in [0.2, 0.25) is 0 Å². The SMILES string of the molecule is CCOC(=O)C1=C(CSc2nnc(-c3c[nH]c4ccccc34)n2C2CC2)NC(=O)NC1C. The fourth-order valence-electron chi connectivity index (χ4n) is 4.01. The maximum Gasteiger partial charge on any atom is 0.337 e. The van der Waals surface area contributed by atoms with Gasteiger partial charge in [0.1, 0.15) is 0 Å². The summed E-state index contributed by atoms with van der Waals surface area (Å²) in [6.45, 7) is 3.81. The average Bonchev–Trinajstić information content (AvgIpc) is 3.38. The smallest absolute Gasteiger partial charge is 0.337 e. The number of carbonyl (C=O) groups excluding carboxylic acids is 2. The lowest BCUT2D eigenvalue weighted by atomic mass is 10.1. The molecule has 0 bridgehead atoms. The highest BCUT2D eigenvalue weighted by molar-refractivity contribution is 7.99. The molecule has 32 heavy (non-hydrogen) atoms. The molecule has 0 spiro atoms. The van der Waals surface area contributed by atoms with Gasteiger partial charge in [0.2, 0.25) is 0 Å². The minimum absolute atomic E-state index is 0.271. The molecule has 3 aromatic rings. The minimum atomic E-state index is -0.429. The lowest BCUT2D eigenvalue weighted by molar-refractivity contribution is -0.138. The Labute approximate surface area is 189 Å². The number of thioether (sulfide) groups is 1. The molecule has 1 aliphatic heterocycles. The van der Waals surface area contributed by atoms with E-state index >= 15 is 0 Å². The van der Waals surface area contributed by atoms with Gasteiger partial charge in [0.05, 0.1) is 18.2 Å². The first-order valence-electron chi connectivity index (χ1n) is 10.7. The van der Waals surface area contributed by atoms with Gasteiger partial charge in [-0.3, -0.25) is 4.57 Å². The molecule has 2 amide bonds. The zero-order chi connectivity index (χ0) is 22.2. The van der Waals surface area contributed by atoms with Crippen LogP contribution < -0.4 is 10.6 Å². The predicted octanol–water partition coefficient (Wildman–Crippen LogP) is 3.37. The molecular formula is C22H24N6O3S. The number of esters is 1. The van der Waals surface area contributed by atoms with Gasteiger partial charge in [0.15, 0.2) is 11.0 Å². The van der Waals surface area contributed by atoms with E-state index < -0.39 is 12.0 Å². The van der Waals surface area contributed by atoms with Crippen LogP contribution in [0.15, 0.2) is 46.9 Å². The number of hydrogen-bond donors (Lipinski definition) is 3. The maximum absolute atomic E-state index is 12.5. The fraction of sp³-hybridized carbons (Fsp3) is 0.364. The van der Waals surface area contributed by atoms with Gasteiger partial charge in [-0.1, -0.05) is 30.0 Å². The summed E-state index contributed by atoms with van der Waals surface area (Å²) < 4.78 is 7.38. The van der Waals surface area contributed by atoms with Crippen molar-refractivity contribution < 1.29 is 14.3 Å². The van der Waals surface area contributed by atoms with E-state index in [4.69, 9.17) is 4.74 Å². The van der Waals surface area contributed by atoms with Crippen LogP contribution >= 0.6 is 11.8 Å². The summed E-state index contributed by atoms with van der Waals surface area (Å²) in [4.78, 5) is 27.8. The molecule has 9 nitrogen and oxygen atoms in total. The van der Waals surface area contributed by atoms with Crippen LogP contribution in [-0.4, -0.2) is 50.2 Å². The molecular weight excluding hydrogens is 428 g/mol. The quantitative estimate of drug-likeness (QED) is 0.374. The predicted molar refractivity (Wildman–Crippen MR) is 121 cm³/mol. The van der Waals surface area contributed by atoms with Gasteiger partial charge in [0, 0.05) is 40.2 Å². The Balaban J connectivity index is 1.47. The number of carbonyl (C=O) groups is 2. The van der Waals surface area contributed by atoms with Crippen LogP contribution in [0.3, 0.4) is 0 Å². The molecule has 1 aliphatic carbocycles. The third kappa shape index (κ3) is 3.75. The number of hydrogen-bond acceptors (Lipinski definition) is 6. The van der Waals surface area contributed by atoms with Crippen molar-refractivity contribution in [2.45, 2.75) is 43.9 Å². The Morgan fingerprint density at radius 2 is 2.09 bits per heavy atom. The first-order valence-corrected chi connectivity index (χ1v) is 11.7. The molecule has 1 unspecified atom stereocenters. The molecule has 10 heteroatoms. The van der Waals surface area contributed by atoms with Gasteiger partial charge in [-0.25, -0.2) is 9.59 Å². The van der Waals surface area contributed by atoms with E-state index in [0.717, 1.165) is 40.3 Å². The summed E-state index contributed by atoms with van der Waals surface area (Å²) in [5, 5.41) is 16.3. The highest BCUT2D eigenvalue weighted by Gasteiger charge is 2.33. The lowest BCUT2D eigenvalue weighted by Gasteiger charge is -2.26. The number of aromatic amines is 1. The van der Waals surface area contributed by atoms with Gasteiger partial charge in [-0.05, 0) is 32.8 Å². The highest BCUT2D eigenvalue weighted by Crippen LogP contribution is 2.42. The number of para-hydroxylation sites is 1. The molecule has 2 aromatic heterocycles. The summed E-state index contributed by atoms with van der Waals surface area (Å²) >= 11 is 1.46. The van der Waals surface area contributed by atoms with Crippen molar-refractivity contribution in [1.29, 1.82) is 0 Å². The molecule has 2 aliphatic rings. The van der Waals surface area contributed by atoms with E-state index in [9.17, 15) is 9.59 Å². The summed E-state index contributed by atoms with van der Waals surface area (Å²) in [5.74, 6) is 0.783. The first-order chi connectivity index (χ1) is 15.6. The Morgan fingerprint density at radius 3 is 2.88 bits per heavy atom. The molecule has 5 rings (SSSR count). The summed E-state index contributed by atoms with van der Waals surface area (Å²) in [6.07, 6.45) is 4.13. The zero-order valence-corrected chi connectivity index (χ0v) is 18.7. The second kappa shape index (κ2) is 8.34. The molecule has 1 aromatic carbocycles. The molecule has 166 valence electrons. The normalized spacial score (nSPS) is 18.6. The average molecular weight is 453 g/mol. The zero-order valence-electron chi connectivity index (χ0n) is 17.8. The fourth-order valence-corrected chi connectivity index (χ4v) is 4.98. The van der Waals surface area contributed by atoms with Gasteiger partial charge in [-0.15, -0.1) is 10.2 Å². The number of nitrogens with zero attached hydrogens (tertiary/aromatic N) is 3. The summed E-state index contributed by atoms with van der Waals surface area (Å²) in [7, 11) is 0. The number of urea groups is 1. The van der Waals surface area contributed by atoms with Gasteiger partial charge in [0.25, 0.3) is 0 Å². The number of benzene rings is 1. The van der Waals surface area contributed by atoms with Crippen LogP contribution in [0.5, 0.6) is 0 Å². The second-order valence-corrected chi connectivity index (χ2v) is 8.82. The van der Waals surface area contributed by atoms with Crippen molar-refractivity contribution in [2.24, 2.45) is 0 Å². The first kappa shape index (κ1) is 20.6. The van der Waals surface area contributed by atoms with Gasteiger partial charge in [-0.2, -0.15) is 0 Å². The van der Waals surface area contributed by atoms with Crippen LogP contribution in [0, 0.1) is 0 Å². The summed E-state index contributed by atoms with van der Waals surface area (Å²) in [5.41, 5.74) is 3.05. The number of H-pyrrole nitrogens is 1. The molecule has 1 saturated carbocycles. The van der Waals surface area contributed by atoms with Crippen molar-refractivity contribution in [3.8, 4) is 11.4 Å². The van der Waals surface area contributed by atoms with Crippen LogP contribution in [-0.2, 0) is 9.53 Å². The van der Waals surface area contributed by atoms with E-state index in [-0.39, 0.29) is 12.6 Å². The number of amides is 2. The third-order valence-corrected chi connectivity index (χ3v) is 6.59. The van der Waals surface area contributed by atoms with E-state index in [0.29, 0.717) is 23.1 Å². The molecule has 0 radical (unpaired) electrons. The maximum atomic E-state index is 12.5. The minimum Gasteiger partial charge on any atom is -0.463 e. The molecule has 1 fully saturated rings. The molecule has 3 N–H and O–H groups in total. The number of fused-ring (bicyclic) bond motifs is 1. The number of nitrogens with one attached hydrogen (secondary N) is 3. The Kier molecular flexibility index (Phi) is 5.38. The van der Waals surface area contributed by atoms with Gasteiger partial charge < -0.3 is 20.4 Å². The third-order valence-electron chi connectivity index (χ3n) is 5.62. The number of ether oxygens (including phenoxy) is 1. The largest absolute Gasteiger partial charge is 0.463 e. The van der Waals surface area contributed by atoms with Crippen LogP contribution in [0.25, 0.3) is 22.3 Å². The van der Waals surface area contributed by atoms with E-state index in [1.54, 1.807) is 13.8 Å². The standard InChI is InChI=1S/C22H24N6O3S/c1-3-31-20(29)18-12(2)24-21(30)25-17(18)11-32-22-27-26-19(28(22)13-8-9-13)15-10-23-16-7-5-4-6-14(15)16/h4-7,10,12-13,23H,3,8-9,11H2,1-2H3,(H2,24,25,30). The van der Waals surface area contributed by atoms with Crippen LogP contribution in [0.1, 0.15) is 32.7 Å². The van der Waals surface area contributed by atoms with Crippen molar-refractivity contribution >= 4 is 34.7 Å². The van der Waals surface area contributed by atoms with Crippen molar-refractivity contribution in [3.63, 3.8) is 0 Å². The Morgan fingerprint density at radius 1 is 1.28 bits per heavy atom. The molecule has 0 saturated heterocycles. The molecule has 1 atom stereocenters. The number of rotatable bonds is 7. The van der Waals surface area contributed by atoms with Gasteiger partial charge >= 0.3 is 12.0 Å². The van der Waals surface area contributed by atoms with Crippen molar-refractivity contribution in [1.82, 2.24) is 30.4 Å². The topological polar surface area (TPSA) is 114 Å². The Bertz CT molecular complexity index is 1230. The highest BCUT2D eigenvalue weighted by atomic mass is 32.2. The van der Waals surface area contributed by atoms with E-state index in [2.05, 4.69) is 36.4 Å². The number of aromatic nitrogens is 4. The Hall–Kier alpha value is -3.27. The van der Waals surface area contributed by atoms with Crippen molar-refractivity contribution in [2.75, 3.05) is 12.4 Å². The van der Waals surface area contributed by atoms with Crippen molar-refractivity contribution in [3.05, 3.63) is 41.7 Å². The monoisotopic (exact) mass is 452 g/mol. The second-order valence-electron chi connectivity index (χ2n) is 7.88. The van der Waals surface area contributed by atoms with E-state index in [1.165, 1.54) is 11.8 Å². The summed E-state index contributed by atoms with van der Waals surface area (Å²) in [6, 6.07) is 7.72. The molecule has 3 heterocycles. The van der Waals surface area contributed by atoms with Crippen LogP contribution in [0.4, 0.5) is 4.79 Å². The van der Waals surface area contributed by atoms with E-state index in [1.807, 2.05) is 24.4 Å². The lowest BCUT2D eigenvalue weighted by Crippen LogP contribution is -2.49.